The first-order valence-corrected chi connectivity index (χ1v) is 32.6. The number of rotatable bonds is 56. The van der Waals surface area contributed by atoms with Crippen molar-refractivity contribution in [2.45, 2.75) is 291 Å². The molecule has 0 saturated heterocycles. The summed E-state index contributed by atoms with van der Waals surface area (Å²) in [6.07, 6.45) is 31.1. The van der Waals surface area contributed by atoms with Gasteiger partial charge in [-0.1, -0.05) is 221 Å². The first kappa shape index (κ1) is 73.1. The largest absolute Gasteiger partial charge is 0.472 e. The maximum absolute atomic E-state index is 12.9. The molecule has 3 N–H and O–H groups in total. The van der Waals surface area contributed by atoms with Gasteiger partial charge in [0.15, 0.2) is 12.2 Å². The van der Waals surface area contributed by atoms with Crippen molar-refractivity contribution in [2.24, 2.45) is 5.92 Å². The van der Waals surface area contributed by atoms with Gasteiger partial charge in [0.1, 0.15) is 19.3 Å². The second-order valence-electron chi connectivity index (χ2n) is 20.8. The minimum Gasteiger partial charge on any atom is -0.462 e. The first-order chi connectivity index (χ1) is 36.0. The Morgan fingerprint density at radius 1 is 0.360 bits per heavy atom. The Balaban J connectivity index is 5.17. The van der Waals surface area contributed by atoms with Gasteiger partial charge in [-0.3, -0.25) is 37.3 Å². The van der Waals surface area contributed by atoms with E-state index < -0.39 is 97.5 Å². The molecule has 0 bridgehead atoms. The summed E-state index contributed by atoms with van der Waals surface area (Å²) in [6, 6.07) is 0. The van der Waals surface area contributed by atoms with E-state index >= 15 is 0 Å². The Hall–Kier alpha value is -1.94. The maximum atomic E-state index is 12.9. The Bertz CT molecular complexity index is 1480. The molecule has 0 fully saturated rings. The zero-order valence-corrected chi connectivity index (χ0v) is 49.5. The van der Waals surface area contributed by atoms with Crippen molar-refractivity contribution in [2.75, 3.05) is 39.6 Å². The third-order valence-corrected chi connectivity index (χ3v) is 14.7. The number of hydrogen-bond acceptors (Lipinski definition) is 15. The van der Waals surface area contributed by atoms with Crippen LogP contribution < -0.4 is 0 Å². The van der Waals surface area contributed by atoms with Gasteiger partial charge < -0.3 is 33.8 Å². The molecule has 2 unspecified atom stereocenters. The molecule has 75 heavy (non-hydrogen) atoms. The lowest BCUT2D eigenvalue weighted by atomic mass is 10.0. The highest BCUT2D eigenvalue weighted by Gasteiger charge is 2.30. The summed E-state index contributed by atoms with van der Waals surface area (Å²) in [4.78, 5) is 71.5. The third kappa shape index (κ3) is 51.3. The van der Waals surface area contributed by atoms with Gasteiger partial charge in [0, 0.05) is 25.7 Å². The average molecular weight is 1120 g/mol. The lowest BCUT2D eigenvalue weighted by Gasteiger charge is -2.21. The molecule has 0 amide bonds. The summed E-state index contributed by atoms with van der Waals surface area (Å²) in [5, 5.41) is 10.5. The van der Waals surface area contributed by atoms with E-state index in [0.29, 0.717) is 25.7 Å². The van der Waals surface area contributed by atoms with Crippen LogP contribution in [-0.4, -0.2) is 96.7 Å². The first-order valence-electron chi connectivity index (χ1n) is 29.6. The topological polar surface area (TPSA) is 237 Å². The standard InChI is InChI=1S/C56H108O17P2/c1-6-9-12-15-17-21-26-30-35-40-54(59)67-46-52(73-56(61)42-37-32-27-23-20-19-22-24-29-33-38-49(4)5)48-71-75(64,65)69-44-50(57)43-68-74(62,63)70-47-51(45-66-53(58)39-34-28-14-11-8-3)72-55(60)41-36-31-25-18-16-13-10-7-2/h49-52,57H,6-48H2,1-5H3,(H,62,63)(H,64,65)/t50-,51+,52+/m0/s1. The van der Waals surface area contributed by atoms with E-state index in [1.54, 1.807) is 0 Å². The van der Waals surface area contributed by atoms with Crippen LogP contribution in [0.5, 0.6) is 0 Å². The van der Waals surface area contributed by atoms with Crippen LogP contribution in [-0.2, 0) is 65.4 Å². The summed E-state index contributed by atoms with van der Waals surface area (Å²) in [7, 11) is -9.86. The minimum absolute atomic E-state index is 0.104. The number of carbonyl (C=O) groups excluding carboxylic acids is 4. The summed E-state index contributed by atoms with van der Waals surface area (Å²) in [5.41, 5.74) is 0. The highest BCUT2D eigenvalue weighted by molar-refractivity contribution is 7.47. The molecule has 17 nitrogen and oxygen atoms in total. The number of phosphoric ester groups is 2. The minimum atomic E-state index is -4.93. The van der Waals surface area contributed by atoms with E-state index in [1.807, 2.05) is 0 Å². The molecule has 19 heteroatoms. The molecule has 0 aromatic heterocycles. The summed E-state index contributed by atoms with van der Waals surface area (Å²) < 4.78 is 67.4. The molecule has 0 aliphatic heterocycles. The normalized spacial score (nSPS) is 14.5. The van der Waals surface area contributed by atoms with Crippen LogP contribution in [0.1, 0.15) is 272 Å². The van der Waals surface area contributed by atoms with E-state index in [4.69, 9.17) is 37.0 Å². The van der Waals surface area contributed by atoms with Crippen molar-refractivity contribution in [3.05, 3.63) is 0 Å². The van der Waals surface area contributed by atoms with E-state index in [9.17, 15) is 43.2 Å². The molecule has 0 spiro atoms. The average Bonchev–Trinajstić information content (AvgIpc) is 3.37. The fourth-order valence-corrected chi connectivity index (χ4v) is 9.75. The van der Waals surface area contributed by atoms with Gasteiger partial charge in [-0.2, -0.15) is 0 Å². The van der Waals surface area contributed by atoms with Crippen LogP contribution in [0.4, 0.5) is 0 Å². The van der Waals surface area contributed by atoms with Crippen LogP contribution in [0.25, 0.3) is 0 Å². The molecule has 0 saturated carbocycles. The number of aliphatic hydroxyl groups is 1. The van der Waals surface area contributed by atoms with E-state index in [0.717, 1.165) is 109 Å². The van der Waals surface area contributed by atoms with Gasteiger partial charge in [0.25, 0.3) is 0 Å². The van der Waals surface area contributed by atoms with Crippen molar-refractivity contribution < 1.29 is 80.2 Å². The Morgan fingerprint density at radius 2 is 0.613 bits per heavy atom. The SMILES string of the molecule is CCCCCCCCCCCC(=O)OC[C@H](COP(=O)(O)OC[C@@H](O)COP(=O)(O)OC[C@@H](COC(=O)CCCCCCC)OC(=O)CCCCCCCCCC)OC(=O)CCCCCCCCCCCCC(C)C. The molecule has 5 atom stereocenters. The van der Waals surface area contributed by atoms with Crippen molar-refractivity contribution in [1.82, 2.24) is 0 Å². The quantitative estimate of drug-likeness (QED) is 0.0222. The number of ether oxygens (including phenoxy) is 4. The Labute approximate surface area is 454 Å². The Morgan fingerprint density at radius 3 is 0.907 bits per heavy atom. The summed E-state index contributed by atoms with van der Waals surface area (Å²) >= 11 is 0. The van der Waals surface area contributed by atoms with Crippen LogP contribution in [0.3, 0.4) is 0 Å². The molecule has 444 valence electrons. The van der Waals surface area contributed by atoms with E-state index in [1.165, 1.54) is 83.5 Å². The molecule has 0 aromatic carbocycles. The molecule has 0 aliphatic rings. The van der Waals surface area contributed by atoms with Gasteiger partial charge in [-0.05, 0) is 31.6 Å². The molecule has 0 rings (SSSR count). The van der Waals surface area contributed by atoms with Crippen molar-refractivity contribution in [3.8, 4) is 0 Å². The van der Waals surface area contributed by atoms with Gasteiger partial charge in [-0.15, -0.1) is 0 Å². The summed E-state index contributed by atoms with van der Waals surface area (Å²) in [6.45, 7) is 6.99. The van der Waals surface area contributed by atoms with Crippen LogP contribution in [0, 0.1) is 5.92 Å². The number of hydrogen-bond donors (Lipinski definition) is 3. The van der Waals surface area contributed by atoms with Gasteiger partial charge in [0.05, 0.1) is 26.4 Å². The zero-order valence-electron chi connectivity index (χ0n) is 47.7. The Kier molecular flexibility index (Phi) is 49.0. The predicted molar refractivity (Wildman–Crippen MR) is 294 cm³/mol. The van der Waals surface area contributed by atoms with Crippen LogP contribution in [0.2, 0.25) is 0 Å². The molecule has 0 aliphatic carbocycles. The van der Waals surface area contributed by atoms with Crippen molar-refractivity contribution in [1.29, 1.82) is 0 Å². The number of aliphatic hydroxyl groups excluding tert-OH is 1. The van der Waals surface area contributed by atoms with Crippen LogP contribution in [0.15, 0.2) is 0 Å². The van der Waals surface area contributed by atoms with Gasteiger partial charge >= 0.3 is 39.5 Å². The number of unbranched alkanes of at least 4 members (excludes halogenated alkanes) is 28. The predicted octanol–water partition coefficient (Wildman–Crippen LogP) is 14.7. The molecular weight excluding hydrogens is 1010 g/mol. The van der Waals surface area contributed by atoms with Gasteiger partial charge in [0.2, 0.25) is 0 Å². The molecule has 0 radical (unpaired) electrons. The molecule has 0 aromatic rings. The smallest absolute Gasteiger partial charge is 0.462 e. The van der Waals surface area contributed by atoms with E-state index in [2.05, 4.69) is 34.6 Å². The second-order valence-corrected chi connectivity index (χ2v) is 23.7. The van der Waals surface area contributed by atoms with E-state index in [-0.39, 0.29) is 25.7 Å². The third-order valence-electron chi connectivity index (χ3n) is 12.8. The van der Waals surface area contributed by atoms with Crippen LogP contribution >= 0.6 is 15.6 Å². The number of carbonyl (C=O) groups is 4. The number of esters is 4. The lowest BCUT2D eigenvalue weighted by molar-refractivity contribution is -0.161. The van der Waals surface area contributed by atoms with Crippen molar-refractivity contribution in [3.63, 3.8) is 0 Å². The second kappa shape index (κ2) is 50.3. The number of phosphoric acid groups is 2. The molecular formula is C56H108O17P2. The molecule has 0 heterocycles. The highest BCUT2D eigenvalue weighted by Crippen LogP contribution is 2.45. The lowest BCUT2D eigenvalue weighted by Crippen LogP contribution is -2.30. The highest BCUT2D eigenvalue weighted by atomic mass is 31.2. The summed E-state index contributed by atoms with van der Waals surface area (Å²) in [5.74, 6) is -1.41. The van der Waals surface area contributed by atoms with Crippen molar-refractivity contribution >= 4 is 39.5 Å². The fraction of sp³-hybridized carbons (Fsp3) is 0.929. The fourth-order valence-electron chi connectivity index (χ4n) is 8.17. The zero-order chi connectivity index (χ0) is 55.7. The maximum Gasteiger partial charge on any atom is 0.472 e. The van der Waals surface area contributed by atoms with Gasteiger partial charge in [-0.25, -0.2) is 9.13 Å². The monoisotopic (exact) mass is 1110 g/mol.